The van der Waals surface area contributed by atoms with E-state index in [1.807, 2.05) is 18.2 Å². The standard InChI is InChI=1S/C18H13F3N2O/c19-18(20,21)16-7-5-11(9-22-16)10-4-6-14-13(8-10)12-2-1-3-15(24)17(12)23-14/h4-9,23H,1-3H2. The van der Waals surface area contributed by atoms with E-state index >= 15 is 0 Å². The van der Waals surface area contributed by atoms with Crippen molar-refractivity contribution in [1.29, 1.82) is 0 Å². The number of ketones is 1. The van der Waals surface area contributed by atoms with E-state index in [2.05, 4.69) is 9.97 Å². The number of aromatic nitrogens is 2. The van der Waals surface area contributed by atoms with E-state index in [0.717, 1.165) is 40.9 Å². The second-order valence-electron chi connectivity index (χ2n) is 5.95. The molecule has 0 radical (unpaired) electrons. The molecule has 0 atom stereocenters. The quantitative estimate of drug-likeness (QED) is 0.699. The van der Waals surface area contributed by atoms with Crippen molar-refractivity contribution in [2.45, 2.75) is 25.4 Å². The van der Waals surface area contributed by atoms with Gasteiger partial charge in [-0.15, -0.1) is 0 Å². The monoisotopic (exact) mass is 330 g/mol. The lowest BCUT2D eigenvalue weighted by Gasteiger charge is -2.10. The molecule has 6 heteroatoms. The summed E-state index contributed by atoms with van der Waals surface area (Å²) >= 11 is 0. The van der Waals surface area contributed by atoms with E-state index < -0.39 is 11.9 Å². The molecular formula is C18H13F3N2O. The molecule has 1 aliphatic carbocycles. The second kappa shape index (κ2) is 5.19. The summed E-state index contributed by atoms with van der Waals surface area (Å²) in [5.41, 5.74) is 3.03. The molecule has 0 unspecified atom stereocenters. The van der Waals surface area contributed by atoms with Gasteiger partial charge in [-0.2, -0.15) is 13.2 Å². The first-order valence-electron chi connectivity index (χ1n) is 7.65. The average molecular weight is 330 g/mol. The predicted molar refractivity (Wildman–Crippen MR) is 83.8 cm³/mol. The Morgan fingerprint density at radius 1 is 1.04 bits per heavy atom. The fourth-order valence-corrected chi connectivity index (χ4v) is 3.21. The molecule has 122 valence electrons. The summed E-state index contributed by atoms with van der Waals surface area (Å²) in [7, 11) is 0. The highest BCUT2D eigenvalue weighted by atomic mass is 19.4. The zero-order chi connectivity index (χ0) is 16.9. The third-order valence-electron chi connectivity index (χ3n) is 4.40. The molecule has 1 N–H and O–H groups in total. The molecule has 3 nitrogen and oxygen atoms in total. The first-order valence-corrected chi connectivity index (χ1v) is 7.65. The zero-order valence-electron chi connectivity index (χ0n) is 12.6. The van der Waals surface area contributed by atoms with Gasteiger partial charge in [0.15, 0.2) is 5.78 Å². The van der Waals surface area contributed by atoms with Gasteiger partial charge in [-0.1, -0.05) is 12.1 Å². The summed E-state index contributed by atoms with van der Waals surface area (Å²) in [4.78, 5) is 18.7. The molecule has 3 aromatic rings. The van der Waals surface area contributed by atoms with Gasteiger partial charge in [-0.25, -0.2) is 0 Å². The van der Waals surface area contributed by atoms with Crippen LogP contribution >= 0.6 is 0 Å². The van der Waals surface area contributed by atoms with Gasteiger partial charge < -0.3 is 4.98 Å². The number of alkyl halides is 3. The van der Waals surface area contributed by atoms with E-state index in [1.165, 1.54) is 12.3 Å². The van der Waals surface area contributed by atoms with Crippen molar-refractivity contribution in [2.24, 2.45) is 0 Å². The number of Topliss-reactive ketones (excluding diaryl/α,β-unsaturated/α-hetero) is 1. The van der Waals surface area contributed by atoms with Gasteiger partial charge in [0, 0.05) is 29.1 Å². The van der Waals surface area contributed by atoms with Gasteiger partial charge in [-0.05, 0) is 42.2 Å². The van der Waals surface area contributed by atoms with Crippen molar-refractivity contribution in [3.05, 3.63) is 53.5 Å². The Bertz CT molecular complexity index is 939. The number of nitrogens with zero attached hydrogens (tertiary/aromatic N) is 1. The van der Waals surface area contributed by atoms with Gasteiger partial charge in [0.25, 0.3) is 0 Å². The molecule has 0 amide bonds. The van der Waals surface area contributed by atoms with Crippen LogP contribution in [0.25, 0.3) is 22.0 Å². The Morgan fingerprint density at radius 3 is 2.54 bits per heavy atom. The topological polar surface area (TPSA) is 45.8 Å². The van der Waals surface area contributed by atoms with Crippen molar-refractivity contribution in [3.8, 4) is 11.1 Å². The molecule has 0 bridgehead atoms. The number of benzene rings is 1. The van der Waals surface area contributed by atoms with Crippen LogP contribution in [0.3, 0.4) is 0 Å². The summed E-state index contributed by atoms with van der Waals surface area (Å²) in [5.74, 6) is 0.116. The van der Waals surface area contributed by atoms with Crippen LogP contribution in [0.2, 0.25) is 0 Å². The summed E-state index contributed by atoms with van der Waals surface area (Å²) in [6.45, 7) is 0. The van der Waals surface area contributed by atoms with Crippen molar-refractivity contribution < 1.29 is 18.0 Å². The number of rotatable bonds is 1. The van der Waals surface area contributed by atoms with Gasteiger partial charge in [0.05, 0.1) is 5.69 Å². The van der Waals surface area contributed by atoms with Crippen molar-refractivity contribution >= 4 is 16.7 Å². The minimum absolute atomic E-state index is 0.116. The minimum Gasteiger partial charge on any atom is -0.352 e. The smallest absolute Gasteiger partial charge is 0.352 e. The van der Waals surface area contributed by atoms with Gasteiger partial charge in [0.2, 0.25) is 0 Å². The highest BCUT2D eigenvalue weighted by Crippen LogP contribution is 2.33. The van der Waals surface area contributed by atoms with Gasteiger partial charge in [-0.3, -0.25) is 9.78 Å². The molecule has 1 aliphatic rings. The fraction of sp³-hybridized carbons (Fsp3) is 0.222. The van der Waals surface area contributed by atoms with E-state index in [9.17, 15) is 18.0 Å². The van der Waals surface area contributed by atoms with Crippen LogP contribution in [0.4, 0.5) is 13.2 Å². The van der Waals surface area contributed by atoms with Crippen LogP contribution in [-0.4, -0.2) is 15.8 Å². The first kappa shape index (κ1) is 14.9. The maximum absolute atomic E-state index is 12.6. The summed E-state index contributed by atoms with van der Waals surface area (Å²) < 4.78 is 37.8. The number of aryl methyl sites for hydroxylation is 1. The van der Waals surface area contributed by atoms with Crippen LogP contribution in [0, 0.1) is 0 Å². The Kier molecular flexibility index (Phi) is 3.23. The number of fused-ring (bicyclic) bond motifs is 3. The molecule has 4 rings (SSSR count). The molecule has 1 aromatic carbocycles. The van der Waals surface area contributed by atoms with Crippen LogP contribution in [0.15, 0.2) is 36.5 Å². The lowest BCUT2D eigenvalue weighted by atomic mass is 9.93. The molecular weight excluding hydrogens is 317 g/mol. The molecule has 0 aliphatic heterocycles. The van der Waals surface area contributed by atoms with E-state index in [0.29, 0.717) is 17.7 Å². The van der Waals surface area contributed by atoms with Gasteiger partial charge >= 0.3 is 6.18 Å². The summed E-state index contributed by atoms with van der Waals surface area (Å²) in [6, 6.07) is 7.98. The lowest BCUT2D eigenvalue weighted by molar-refractivity contribution is -0.141. The Labute approximate surface area is 135 Å². The normalized spacial score (nSPS) is 14.9. The summed E-state index contributed by atoms with van der Waals surface area (Å²) in [6.07, 6.45) is -1.01. The highest BCUT2D eigenvalue weighted by molar-refractivity contribution is 6.04. The van der Waals surface area contributed by atoms with Gasteiger partial charge in [0.1, 0.15) is 5.69 Å². The number of nitrogens with one attached hydrogen (secondary N) is 1. The number of aromatic amines is 1. The van der Waals surface area contributed by atoms with E-state index in [4.69, 9.17) is 0 Å². The molecule has 0 spiro atoms. The molecule has 2 aromatic heterocycles. The number of H-pyrrole nitrogens is 1. The van der Waals surface area contributed by atoms with Crippen LogP contribution in [0.5, 0.6) is 0 Å². The Morgan fingerprint density at radius 2 is 1.83 bits per heavy atom. The first-order chi connectivity index (χ1) is 11.4. The number of carbonyl (C=O) groups is 1. The number of hydrogen-bond acceptors (Lipinski definition) is 2. The molecule has 2 heterocycles. The number of pyridine rings is 1. The highest BCUT2D eigenvalue weighted by Gasteiger charge is 2.32. The van der Waals surface area contributed by atoms with Crippen LogP contribution in [0.1, 0.15) is 34.6 Å². The molecule has 24 heavy (non-hydrogen) atoms. The summed E-state index contributed by atoms with van der Waals surface area (Å²) in [5, 5.41) is 0.954. The largest absolute Gasteiger partial charge is 0.433 e. The van der Waals surface area contributed by atoms with E-state index in [1.54, 1.807) is 0 Å². The predicted octanol–water partition coefficient (Wildman–Crippen LogP) is 4.77. The maximum Gasteiger partial charge on any atom is 0.433 e. The Balaban J connectivity index is 1.79. The maximum atomic E-state index is 12.6. The van der Waals surface area contributed by atoms with Crippen molar-refractivity contribution in [2.75, 3.05) is 0 Å². The van der Waals surface area contributed by atoms with Crippen molar-refractivity contribution in [1.82, 2.24) is 9.97 Å². The minimum atomic E-state index is -4.44. The molecule has 0 saturated heterocycles. The zero-order valence-corrected chi connectivity index (χ0v) is 12.6. The Hall–Kier alpha value is -2.63. The SMILES string of the molecule is O=C1CCCc2c1[nH]c1ccc(-c3ccc(C(F)(F)F)nc3)cc21. The van der Waals surface area contributed by atoms with Crippen LogP contribution < -0.4 is 0 Å². The van der Waals surface area contributed by atoms with E-state index in [-0.39, 0.29) is 5.78 Å². The molecule has 0 saturated carbocycles. The van der Waals surface area contributed by atoms with Crippen LogP contribution in [-0.2, 0) is 12.6 Å². The second-order valence-corrected chi connectivity index (χ2v) is 5.95. The third-order valence-corrected chi connectivity index (χ3v) is 4.40. The third kappa shape index (κ3) is 2.38. The number of halogens is 3. The average Bonchev–Trinajstić information content (AvgIpc) is 2.94. The molecule has 0 fully saturated rings. The lowest BCUT2D eigenvalue weighted by Crippen LogP contribution is -2.09. The fourth-order valence-electron chi connectivity index (χ4n) is 3.21. The number of carbonyl (C=O) groups excluding carboxylic acids is 1. The van der Waals surface area contributed by atoms with Crippen molar-refractivity contribution in [3.63, 3.8) is 0 Å². The number of hydrogen-bond donors (Lipinski definition) is 1.